The second kappa shape index (κ2) is 4.26. The highest BCUT2D eigenvalue weighted by atomic mass is 35.5. The Morgan fingerprint density at radius 2 is 2.29 bits per heavy atom. The van der Waals surface area contributed by atoms with Crippen LogP contribution in [0, 0.1) is 11.3 Å². The fourth-order valence-corrected chi connectivity index (χ4v) is 2.70. The van der Waals surface area contributed by atoms with Gasteiger partial charge in [0.2, 0.25) is 0 Å². The van der Waals surface area contributed by atoms with Crippen molar-refractivity contribution in [1.29, 1.82) is 5.26 Å². The van der Waals surface area contributed by atoms with Crippen LogP contribution in [0.15, 0.2) is 6.20 Å². The molecule has 2 heterocycles. The molecule has 0 radical (unpaired) electrons. The smallest absolute Gasteiger partial charge is 0.150 e. The summed E-state index contributed by atoms with van der Waals surface area (Å²) in [6.45, 7) is 1.99. The van der Waals surface area contributed by atoms with E-state index in [0.717, 1.165) is 18.1 Å². The molecule has 0 N–H and O–H groups in total. The van der Waals surface area contributed by atoms with Gasteiger partial charge in [-0.15, -0.1) is 11.3 Å². The lowest BCUT2D eigenvalue weighted by Gasteiger charge is -2.18. The van der Waals surface area contributed by atoms with E-state index in [0.29, 0.717) is 4.34 Å². The maximum absolute atomic E-state index is 9.08. The molecule has 1 aliphatic heterocycles. The minimum atomic E-state index is -0.199. The van der Waals surface area contributed by atoms with Crippen LogP contribution in [0.1, 0.15) is 23.9 Å². The number of likely N-dealkylation sites (tertiary alicyclic amines) is 1. The molecule has 74 valence electrons. The molecule has 0 spiro atoms. The number of aromatic nitrogens is 1. The lowest BCUT2D eigenvalue weighted by Crippen LogP contribution is -2.24. The summed E-state index contributed by atoms with van der Waals surface area (Å²) in [5, 5.41) is 9.90. The molecule has 5 heteroatoms. The average molecular weight is 228 g/mol. The van der Waals surface area contributed by atoms with Crippen molar-refractivity contribution in [2.75, 3.05) is 13.1 Å². The molecular formula is C9H10ClN3S. The Morgan fingerprint density at radius 3 is 2.79 bits per heavy atom. The Labute approximate surface area is 91.9 Å². The monoisotopic (exact) mass is 227 g/mol. The third-order valence-corrected chi connectivity index (χ3v) is 3.52. The van der Waals surface area contributed by atoms with Gasteiger partial charge >= 0.3 is 0 Å². The van der Waals surface area contributed by atoms with Gasteiger partial charge < -0.3 is 0 Å². The molecule has 1 saturated heterocycles. The van der Waals surface area contributed by atoms with E-state index in [2.05, 4.69) is 16.0 Å². The number of thiazole rings is 1. The minimum absolute atomic E-state index is 0.199. The number of halogens is 1. The summed E-state index contributed by atoms with van der Waals surface area (Å²) in [4.78, 5) is 6.32. The van der Waals surface area contributed by atoms with Gasteiger partial charge in [-0.2, -0.15) is 5.26 Å². The zero-order chi connectivity index (χ0) is 9.97. The van der Waals surface area contributed by atoms with Gasteiger partial charge in [-0.25, -0.2) is 4.98 Å². The molecule has 1 fully saturated rings. The van der Waals surface area contributed by atoms with E-state index in [-0.39, 0.29) is 6.04 Å². The van der Waals surface area contributed by atoms with Gasteiger partial charge in [0.1, 0.15) is 9.34 Å². The average Bonchev–Trinajstić information content (AvgIpc) is 2.79. The summed E-state index contributed by atoms with van der Waals surface area (Å²) >= 11 is 7.19. The van der Waals surface area contributed by atoms with Crippen LogP contribution in [0.5, 0.6) is 0 Å². The third kappa shape index (κ3) is 1.90. The quantitative estimate of drug-likeness (QED) is 0.779. The minimum Gasteiger partial charge on any atom is -0.282 e. The predicted octanol–water partition coefficient (Wildman–Crippen LogP) is 2.46. The fourth-order valence-electron chi connectivity index (χ4n) is 1.69. The third-order valence-electron chi connectivity index (χ3n) is 2.36. The predicted molar refractivity (Wildman–Crippen MR) is 56.3 cm³/mol. The first-order chi connectivity index (χ1) is 6.81. The molecule has 2 rings (SSSR count). The van der Waals surface area contributed by atoms with E-state index >= 15 is 0 Å². The summed E-state index contributed by atoms with van der Waals surface area (Å²) in [6, 6.07) is 2.09. The molecule has 14 heavy (non-hydrogen) atoms. The van der Waals surface area contributed by atoms with Crippen molar-refractivity contribution >= 4 is 22.9 Å². The number of hydrogen-bond donors (Lipinski definition) is 0. The molecule has 0 bridgehead atoms. The number of nitriles is 1. The molecule has 1 aromatic heterocycles. The van der Waals surface area contributed by atoms with Crippen molar-refractivity contribution in [3.8, 4) is 6.07 Å². The molecule has 1 aliphatic rings. The highest BCUT2D eigenvalue weighted by Gasteiger charge is 2.25. The van der Waals surface area contributed by atoms with Crippen LogP contribution < -0.4 is 0 Å². The van der Waals surface area contributed by atoms with Crippen molar-refractivity contribution in [1.82, 2.24) is 9.88 Å². The molecule has 3 nitrogen and oxygen atoms in total. The summed E-state index contributed by atoms with van der Waals surface area (Å²) in [5.74, 6) is 0. The highest BCUT2D eigenvalue weighted by Crippen LogP contribution is 2.29. The van der Waals surface area contributed by atoms with E-state index in [9.17, 15) is 0 Å². The van der Waals surface area contributed by atoms with Gasteiger partial charge in [0.05, 0.1) is 12.3 Å². The Balaban J connectivity index is 2.17. The maximum Gasteiger partial charge on any atom is 0.150 e. The first-order valence-electron chi connectivity index (χ1n) is 4.56. The van der Waals surface area contributed by atoms with Crippen LogP contribution in [0.25, 0.3) is 0 Å². The van der Waals surface area contributed by atoms with Crippen LogP contribution in [0.3, 0.4) is 0 Å². The lowest BCUT2D eigenvalue weighted by atomic mass is 10.3. The SMILES string of the molecule is N#CC(c1ncc(Cl)s1)N1CCCC1. The van der Waals surface area contributed by atoms with E-state index in [1.807, 2.05) is 0 Å². The van der Waals surface area contributed by atoms with E-state index in [4.69, 9.17) is 16.9 Å². The zero-order valence-corrected chi connectivity index (χ0v) is 9.18. The second-order valence-electron chi connectivity index (χ2n) is 3.28. The van der Waals surface area contributed by atoms with Crippen LogP contribution >= 0.6 is 22.9 Å². The molecular weight excluding hydrogens is 218 g/mol. The van der Waals surface area contributed by atoms with Crippen molar-refractivity contribution in [2.24, 2.45) is 0 Å². The van der Waals surface area contributed by atoms with Crippen molar-refractivity contribution in [3.05, 3.63) is 15.5 Å². The standard InChI is InChI=1S/C9H10ClN3S/c10-8-6-12-9(14-8)7(5-11)13-3-1-2-4-13/h6-7H,1-4H2. The van der Waals surface area contributed by atoms with Crippen LogP contribution in [0.4, 0.5) is 0 Å². The normalized spacial score (nSPS) is 19.4. The molecule has 0 aliphatic carbocycles. The number of rotatable bonds is 2. The molecule has 0 aromatic carbocycles. The van der Waals surface area contributed by atoms with Gasteiger partial charge in [0.25, 0.3) is 0 Å². The fraction of sp³-hybridized carbons (Fsp3) is 0.556. The zero-order valence-electron chi connectivity index (χ0n) is 7.61. The largest absolute Gasteiger partial charge is 0.282 e. The van der Waals surface area contributed by atoms with Crippen molar-refractivity contribution in [2.45, 2.75) is 18.9 Å². The molecule has 0 amide bonds. The van der Waals surface area contributed by atoms with Gasteiger partial charge in [0.15, 0.2) is 6.04 Å². The van der Waals surface area contributed by atoms with Gasteiger partial charge in [0, 0.05) is 0 Å². The maximum atomic E-state index is 9.08. The van der Waals surface area contributed by atoms with Crippen molar-refractivity contribution < 1.29 is 0 Å². The van der Waals surface area contributed by atoms with Gasteiger partial charge in [-0.3, -0.25) is 4.90 Å². The number of nitrogens with zero attached hydrogens (tertiary/aromatic N) is 3. The highest BCUT2D eigenvalue weighted by molar-refractivity contribution is 7.15. The van der Waals surface area contributed by atoms with Gasteiger partial charge in [-0.05, 0) is 25.9 Å². The van der Waals surface area contributed by atoms with Gasteiger partial charge in [-0.1, -0.05) is 11.6 Å². The Kier molecular flexibility index (Phi) is 3.02. The first kappa shape index (κ1) is 9.91. The molecule has 1 atom stereocenters. The first-order valence-corrected chi connectivity index (χ1v) is 5.75. The summed E-state index contributed by atoms with van der Waals surface area (Å²) in [7, 11) is 0. The summed E-state index contributed by atoms with van der Waals surface area (Å²) < 4.78 is 0.652. The summed E-state index contributed by atoms with van der Waals surface area (Å²) in [6.07, 6.45) is 3.97. The summed E-state index contributed by atoms with van der Waals surface area (Å²) in [5.41, 5.74) is 0. The van der Waals surface area contributed by atoms with Crippen LogP contribution in [0.2, 0.25) is 4.34 Å². The lowest BCUT2D eigenvalue weighted by molar-refractivity contribution is 0.294. The topological polar surface area (TPSA) is 39.9 Å². The van der Waals surface area contributed by atoms with E-state index in [1.165, 1.54) is 24.2 Å². The Hall–Kier alpha value is -0.630. The Morgan fingerprint density at radius 1 is 1.57 bits per heavy atom. The molecule has 0 saturated carbocycles. The molecule has 1 aromatic rings. The van der Waals surface area contributed by atoms with Crippen molar-refractivity contribution in [3.63, 3.8) is 0 Å². The van der Waals surface area contributed by atoms with E-state index in [1.54, 1.807) is 6.20 Å². The van der Waals surface area contributed by atoms with E-state index < -0.39 is 0 Å². The Bertz CT molecular complexity index is 351. The molecule has 1 unspecified atom stereocenters. The van der Waals surface area contributed by atoms with Crippen LogP contribution in [-0.2, 0) is 0 Å². The second-order valence-corrected chi connectivity index (χ2v) is 4.97. The number of hydrogen-bond acceptors (Lipinski definition) is 4. The van der Waals surface area contributed by atoms with Crippen LogP contribution in [-0.4, -0.2) is 23.0 Å².